The highest BCUT2D eigenvalue weighted by Crippen LogP contribution is 2.33. The summed E-state index contributed by atoms with van der Waals surface area (Å²) in [4.78, 5) is 7.14. The van der Waals surface area contributed by atoms with Crippen LogP contribution in [-0.2, 0) is 16.7 Å². The van der Waals surface area contributed by atoms with E-state index in [2.05, 4.69) is 28.3 Å². The van der Waals surface area contributed by atoms with Gasteiger partial charge in [0.05, 0.1) is 24.8 Å². The Labute approximate surface area is 194 Å². The van der Waals surface area contributed by atoms with Crippen LogP contribution in [0.25, 0.3) is 0 Å². The van der Waals surface area contributed by atoms with Crippen LogP contribution in [0.3, 0.4) is 0 Å². The molecule has 3 heterocycles. The summed E-state index contributed by atoms with van der Waals surface area (Å²) in [5.74, 6) is 2.29. The van der Waals surface area contributed by atoms with E-state index in [1.165, 1.54) is 0 Å². The second-order valence-corrected chi connectivity index (χ2v) is 10.9. The number of fused-ring (bicyclic) bond motifs is 1. The summed E-state index contributed by atoms with van der Waals surface area (Å²) >= 11 is 5.59. The third kappa shape index (κ3) is 4.83. The minimum atomic E-state index is -3.61. The lowest BCUT2D eigenvalue weighted by molar-refractivity contribution is 0.148. The van der Waals surface area contributed by atoms with Crippen LogP contribution in [0.4, 0.5) is 0 Å². The largest absolute Gasteiger partial charge is 0.490 e. The van der Waals surface area contributed by atoms with Gasteiger partial charge in [0, 0.05) is 50.3 Å². The molecule has 0 radical (unpaired) electrons. The SMILES string of the molecule is Cc1cc(=S)n(CN2CCN(S(=O)(=O)c3ccc4c(c3)OCCCO4)CC2)c(C(C)C)n1. The first-order valence-corrected chi connectivity index (χ1v) is 12.8. The summed E-state index contributed by atoms with van der Waals surface area (Å²) in [6, 6.07) is 6.77. The normalized spacial score (nSPS) is 18.0. The van der Waals surface area contributed by atoms with Gasteiger partial charge in [0.25, 0.3) is 0 Å². The first-order valence-electron chi connectivity index (χ1n) is 11.0. The van der Waals surface area contributed by atoms with E-state index in [1.54, 1.807) is 22.5 Å². The predicted octanol–water partition coefficient (Wildman–Crippen LogP) is 3.17. The third-order valence-corrected chi connectivity index (χ3v) is 7.94. The minimum Gasteiger partial charge on any atom is -0.490 e. The molecule has 0 atom stereocenters. The number of hydrogen-bond acceptors (Lipinski definition) is 7. The van der Waals surface area contributed by atoms with Crippen LogP contribution in [0.5, 0.6) is 11.5 Å². The van der Waals surface area contributed by atoms with Crippen molar-refractivity contribution in [3.8, 4) is 11.5 Å². The molecule has 0 aliphatic carbocycles. The topological polar surface area (TPSA) is 76.9 Å². The molecule has 1 fully saturated rings. The zero-order valence-electron chi connectivity index (χ0n) is 18.8. The fourth-order valence-electron chi connectivity index (χ4n) is 3.99. The van der Waals surface area contributed by atoms with Gasteiger partial charge in [-0.25, -0.2) is 13.4 Å². The second-order valence-electron chi connectivity index (χ2n) is 8.50. The van der Waals surface area contributed by atoms with Crippen molar-refractivity contribution in [3.05, 3.63) is 40.4 Å². The number of ether oxygens (including phenoxy) is 2. The highest BCUT2D eigenvalue weighted by atomic mass is 32.2. The van der Waals surface area contributed by atoms with Crippen LogP contribution >= 0.6 is 12.2 Å². The number of nitrogens with zero attached hydrogens (tertiary/aromatic N) is 4. The number of rotatable bonds is 5. The summed E-state index contributed by atoms with van der Waals surface area (Å²) in [5, 5.41) is 0. The smallest absolute Gasteiger partial charge is 0.243 e. The van der Waals surface area contributed by atoms with Gasteiger partial charge in [-0.15, -0.1) is 0 Å². The van der Waals surface area contributed by atoms with E-state index in [0.29, 0.717) is 57.6 Å². The van der Waals surface area contributed by atoms with E-state index < -0.39 is 10.0 Å². The Morgan fingerprint density at radius 3 is 2.44 bits per heavy atom. The molecule has 10 heteroatoms. The van der Waals surface area contributed by atoms with Gasteiger partial charge >= 0.3 is 0 Å². The predicted molar refractivity (Wildman–Crippen MR) is 124 cm³/mol. The van der Waals surface area contributed by atoms with E-state index in [9.17, 15) is 8.42 Å². The van der Waals surface area contributed by atoms with Gasteiger partial charge in [-0.05, 0) is 25.1 Å². The molecule has 0 saturated carbocycles. The molecule has 1 aromatic carbocycles. The van der Waals surface area contributed by atoms with Crippen LogP contribution < -0.4 is 9.47 Å². The first-order chi connectivity index (χ1) is 15.3. The standard InChI is InChI=1S/C22H30N4O4S2/c1-16(2)22-23-17(3)13-21(31)26(22)15-24-7-9-25(10-8-24)32(27,28)18-5-6-19-20(14-18)30-12-4-11-29-19/h5-6,13-14,16H,4,7-12,15H2,1-3H3. The van der Waals surface area contributed by atoms with Gasteiger partial charge < -0.3 is 14.0 Å². The lowest BCUT2D eigenvalue weighted by Gasteiger charge is -2.35. The van der Waals surface area contributed by atoms with Crippen molar-refractivity contribution in [3.63, 3.8) is 0 Å². The van der Waals surface area contributed by atoms with E-state index in [1.807, 2.05) is 13.0 Å². The summed E-state index contributed by atoms with van der Waals surface area (Å²) in [5.41, 5.74) is 0.918. The van der Waals surface area contributed by atoms with Crippen molar-refractivity contribution in [1.82, 2.24) is 18.8 Å². The fourth-order valence-corrected chi connectivity index (χ4v) is 5.75. The molecule has 0 N–H and O–H groups in total. The van der Waals surface area contributed by atoms with Gasteiger partial charge in [0.2, 0.25) is 10.0 Å². The van der Waals surface area contributed by atoms with E-state index in [0.717, 1.165) is 22.6 Å². The fraction of sp³-hybridized carbons (Fsp3) is 0.545. The van der Waals surface area contributed by atoms with Crippen molar-refractivity contribution in [2.24, 2.45) is 0 Å². The molecule has 1 aromatic heterocycles. The van der Waals surface area contributed by atoms with Gasteiger partial charge in [0.15, 0.2) is 11.5 Å². The van der Waals surface area contributed by atoms with Crippen molar-refractivity contribution in [1.29, 1.82) is 0 Å². The van der Waals surface area contributed by atoms with Crippen molar-refractivity contribution in [2.45, 2.75) is 44.7 Å². The maximum absolute atomic E-state index is 13.2. The highest BCUT2D eigenvalue weighted by molar-refractivity contribution is 7.89. The Morgan fingerprint density at radius 1 is 1.06 bits per heavy atom. The molecule has 8 nitrogen and oxygen atoms in total. The molecular weight excluding hydrogens is 448 g/mol. The molecule has 1 saturated heterocycles. The van der Waals surface area contributed by atoms with Crippen LogP contribution in [0, 0.1) is 11.6 Å². The molecule has 174 valence electrons. The number of piperazine rings is 1. The Bertz CT molecular complexity index is 1140. The lowest BCUT2D eigenvalue weighted by atomic mass is 10.2. The Kier molecular flexibility index (Phi) is 6.85. The van der Waals surface area contributed by atoms with Crippen LogP contribution in [0.2, 0.25) is 0 Å². The molecule has 2 aromatic rings. The number of hydrogen-bond donors (Lipinski definition) is 0. The average Bonchev–Trinajstić information content (AvgIpc) is 3.00. The van der Waals surface area contributed by atoms with Gasteiger partial charge in [-0.3, -0.25) is 4.90 Å². The second kappa shape index (κ2) is 9.46. The maximum Gasteiger partial charge on any atom is 0.243 e. The zero-order chi connectivity index (χ0) is 22.9. The highest BCUT2D eigenvalue weighted by Gasteiger charge is 2.30. The molecule has 0 bridgehead atoms. The lowest BCUT2D eigenvalue weighted by Crippen LogP contribution is -2.49. The number of sulfonamides is 1. The summed E-state index contributed by atoms with van der Waals surface area (Å²) in [6.45, 7) is 9.94. The summed E-state index contributed by atoms with van der Waals surface area (Å²) in [6.07, 6.45) is 0.776. The molecule has 32 heavy (non-hydrogen) atoms. The molecule has 0 spiro atoms. The third-order valence-electron chi connectivity index (χ3n) is 5.71. The Hall–Kier alpha value is -2.01. The quantitative estimate of drug-likeness (QED) is 0.611. The molecule has 0 unspecified atom stereocenters. The van der Waals surface area contributed by atoms with Crippen molar-refractivity contribution in [2.75, 3.05) is 39.4 Å². The van der Waals surface area contributed by atoms with Gasteiger partial charge in [-0.2, -0.15) is 4.31 Å². The molecular formula is C22H30N4O4S2. The minimum absolute atomic E-state index is 0.238. The van der Waals surface area contributed by atoms with Crippen molar-refractivity contribution < 1.29 is 17.9 Å². The number of benzene rings is 1. The zero-order valence-corrected chi connectivity index (χ0v) is 20.4. The Morgan fingerprint density at radius 2 is 1.75 bits per heavy atom. The van der Waals surface area contributed by atoms with E-state index in [4.69, 9.17) is 21.7 Å². The van der Waals surface area contributed by atoms with Crippen molar-refractivity contribution >= 4 is 22.2 Å². The van der Waals surface area contributed by atoms with Crippen LogP contribution in [-0.4, -0.2) is 66.6 Å². The average molecular weight is 479 g/mol. The molecule has 0 amide bonds. The number of aromatic nitrogens is 2. The van der Waals surface area contributed by atoms with Gasteiger partial charge in [0.1, 0.15) is 10.5 Å². The Balaban J connectivity index is 1.46. The maximum atomic E-state index is 13.2. The first kappa shape index (κ1) is 23.2. The molecule has 2 aliphatic heterocycles. The van der Waals surface area contributed by atoms with Crippen LogP contribution in [0.1, 0.15) is 37.7 Å². The monoisotopic (exact) mass is 478 g/mol. The summed E-state index contributed by atoms with van der Waals surface area (Å²) in [7, 11) is -3.61. The molecule has 2 aliphatic rings. The van der Waals surface area contributed by atoms with E-state index in [-0.39, 0.29) is 10.8 Å². The van der Waals surface area contributed by atoms with E-state index >= 15 is 0 Å². The van der Waals surface area contributed by atoms with Crippen LogP contribution in [0.15, 0.2) is 29.2 Å². The summed E-state index contributed by atoms with van der Waals surface area (Å²) < 4.78 is 42.1. The molecule has 4 rings (SSSR count). The van der Waals surface area contributed by atoms with Gasteiger partial charge in [-0.1, -0.05) is 26.1 Å². The number of aryl methyl sites for hydroxylation is 1.